The van der Waals surface area contributed by atoms with Crippen LogP contribution in [0.3, 0.4) is 0 Å². The van der Waals surface area contributed by atoms with Gasteiger partial charge in [0.1, 0.15) is 0 Å². The Kier molecular flexibility index (Phi) is 10.1. The summed E-state index contributed by atoms with van der Waals surface area (Å²) in [5.41, 5.74) is 20.1. The van der Waals surface area contributed by atoms with Crippen molar-refractivity contribution in [3.05, 3.63) is 240 Å². The molecule has 0 bridgehead atoms. The normalized spacial score (nSPS) is 15.3. The second-order valence-electron chi connectivity index (χ2n) is 20.1. The molecule has 2 unspecified atom stereocenters. The van der Waals surface area contributed by atoms with Crippen molar-refractivity contribution >= 4 is 49.3 Å². The molecule has 0 spiro atoms. The summed E-state index contributed by atoms with van der Waals surface area (Å²) < 4.78 is 7.27. The first-order valence-electron chi connectivity index (χ1n) is 25.7. The fourth-order valence-corrected chi connectivity index (χ4v) is 12.2. The minimum atomic E-state index is 0.233. The number of hydrogen-bond donors (Lipinski definition) is 0. The van der Waals surface area contributed by atoms with E-state index in [9.17, 15) is 0 Å². The molecule has 12 aromatic rings. The minimum Gasteiger partial charge on any atom is -0.311 e. The van der Waals surface area contributed by atoms with Gasteiger partial charge in [0, 0.05) is 39.2 Å². The number of aromatic nitrogens is 6. The first kappa shape index (κ1) is 43.0. The number of allylic oxidation sites excluding steroid dienone is 4. The predicted octanol–water partition coefficient (Wildman–Crippen LogP) is 16.5. The number of fused-ring (bicyclic) bond motifs is 10. The van der Waals surface area contributed by atoms with Gasteiger partial charge >= 0.3 is 0 Å². The highest BCUT2D eigenvalue weighted by molar-refractivity contribution is 6.12. The summed E-state index contributed by atoms with van der Waals surface area (Å²) in [6.45, 7) is 6.92. The minimum absolute atomic E-state index is 0.233. The van der Waals surface area contributed by atoms with Crippen LogP contribution in [0.2, 0.25) is 0 Å². The van der Waals surface area contributed by atoms with Crippen molar-refractivity contribution in [2.45, 2.75) is 46.0 Å². The van der Waals surface area contributed by atoms with Crippen LogP contribution in [0, 0.1) is 12.8 Å². The Hall–Kier alpha value is -8.87. The van der Waals surface area contributed by atoms with E-state index in [-0.39, 0.29) is 5.92 Å². The molecule has 0 aliphatic heterocycles. The molecule has 4 heterocycles. The standard InChI is InChI=1S/C67H52N6/c1-42-19-18-25-49(39-42)71-58-30-15-13-28-53(58)56-40-44(3)61-55-29-14-17-32-60(55)73(64(61)63(56)71)67-69-65(48-35-33-47(34-36-48)46-23-8-5-9-24-46)68-66(70-67)72-59-31-16-12-27-52(59)54-38-37-51(50-26-11-10-20-43(50)2)57(62(54)72)41-45-21-6-4-7-22-45/h4-38,42,44H,39-41H2,1-3H3. The molecule has 73 heavy (non-hydrogen) atoms. The van der Waals surface area contributed by atoms with Crippen molar-refractivity contribution in [2.24, 2.45) is 5.92 Å². The van der Waals surface area contributed by atoms with E-state index in [1.807, 2.05) is 0 Å². The number of benzene rings is 8. The fourth-order valence-electron chi connectivity index (χ4n) is 12.2. The molecule has 0 radical (unpaired) electrons. The lowest BCUT2D eigenvalue weighted by Crippen LogP contribution is -2.16. The number of rotatable bonds is 8. The number of nitrogens with zero attached hydrogens (tertiary/aromatic N) is 6. The summed E-state index contributed by atoms with van der Waals surface area (Å²) in [5, 5.41) is 4.82. The smallest absolute Gasteiger partial charge is 0.240 e. The highest BCUT2D eigenvalue weighted by atomic mass is 15.3. The van der Waals surface area contributed by atoms with Crippen LogP contribution >= 0.6 is 0 Å². The molecule has 2 aliphatic carbocycles. The van der Waals surface area contributed by atoms with Crippen LogP contribution in [0.15, 0.2) is 212 Å². The average Bonchev–Trinajstić information content (AvgIpc) is 4.08. The summed E-state index contributed by atoms with van der Waals surface area (Å²) in [7, 11) is 0. The van der Waals surface area contributed by atoms with E-state index in [2.05, 4.69) is 247 Å². The van der Waals surface area contributed by atoms with E-state index in [0.29, 0.717) is 30.1 Å². The first-order chi connectivity index (χ1) is 36.0. The fraction of sp³-hybridized carbons (Fsp3) is 0.119. The predicted molar refractivity (Wildman–Crippen MR) is 302 cm³/mol. The molecule has 0 fully saturated rings. The van der Waals surface area contributed by atoms with Crippen molar-refractivity contribution in [2.75, 3.05) is 0 Å². The van der Waals surface area contributed by atoms with Gasteiger partial charge in [-0.15, -0.1) is 0 Å². The zero-order valence-corrected chi connectivity index (χ0v) is 41.2. The monoisotopic (exact) mass is 940 g/mol. The summed E-state index contributed by atoms with van der Waals surface area (Å²) in [6.07, 6.45) is 9.46. The van der Waals surface area contributed by atoms with Crippen LogP contribution in [0.25, 0.3) is 106 Å². The molecule has 8 aromatic carbocycles. The molecule has 2 atom stereocenters. The van der Waals surface area contributed by atoms with Crippen LogP contribution in [-0.4, -0.2) is 28.7 Å². The Balaban J connectivity index is 1.10. The molecule has 0 saturated carbocycles. The lowest BCUT2D eigenvalue weighted by atomic mass is 9.84. The molecule has 0 N–H and O–H groups in total. The van der Waals surface area contributed by atoms with Gasteiger partial charge in [0.05, 0.1) is 33.5 Å². The third-order valence-corrected chi connectivity index (χ3v) is 15.5. The van der Waals surface area contributed by atoms with E-state index in [4.69, 9.17) is 15.0 Å². The summed E-state index contributed by atoms with van der Waals surface area (Å²) in [5.74, 6) is 2.40. The molecule has 0 amide bonds. The molecule has 4 aromatic heterocycles. The second-order valence-corrected chi connectivity index (χ2v) is 20.1. The van der Waals surface area contributed by atoms with E-state index in [1.54, 1.807) is 0 Å². The van der Waals surface area contributed by atoms with Gasteiger partial charge in [-0.2, -0.15) is 15.0 Å². The largest absolute Gasteiger partial charge is 0.311 e. The molecule has 14 rings (SSSR count). The molecule has 2 aliphatic rings. The van der Waals surface area contributed by atoms with Crippen molar-refractivity contribution < 1.29 is 0 Å². The van der Waals surface area contributed by atoms with E-state index in [0.717, 1.165) is 62.5 Å². The van der Waals surface area contributed by atoms with Gasteiger partial charge in [-0.1, -0.05) is 202 Å². The Morgan fingerprint density at radius 2 is 1.08 bits per heavy atom. The second kappa shape index (κ2) is 17.2. The number of aryl methyl sites for hydroxylation is 1. The van der Waals surface area contributed by atoms with Crippen LogP contribution in [0.1, 0.15) is 54.0 Å². The van der Waals surface area contributed by atoms with E-state index < -0.39 is 0 Å². The van der Waals surface area contributed by atoms with E-state index >= 15 is 0 Å². The molecular formula is C67H52N6. The topological polar surface area (TPSA) is 53.5 Å². The SMILES string of the molecule is Cc1ccccc1-c1ccc2c3ccccc3n(-c3nc(-c4ccc(-c5ccccc5)cc4)nc(-n4c5c(c6ccccc64)C(C)Cc4c-5n(C5=CC=CC(C)C5)c5ccccc45)n3)c2c1Cc1ccccc1. The van der Waals surface area contributed by atoms with Crippen LogP contribution in [-0.2, 0) is 12.8 Å². The highest BCUT2D eigenvalue weighted by Crippen LogP contribution is 2.51. The highest BCUT2D eigenvalue weighted by Gasteiger charge is 2.36. The van der Waals surface area contributed by atoms with Gasteiger partial charge in [-0.05, 0) is 106 Å². The number of hydrogen-bond acceptors (Lipinski definition) is 3. The van der Waals surface area contributed by atoms with Gasteiger partial charge < -0.3 is 4.57 Å². The maximum absolute atomic E-state index is 5.81. The third-order valence-electron chi connectivity index (χ3n) is 15.5. The van der Waals surface area contributed by atoms with Gasteiger partial charge in [0.15, 0.2) is 5.82 Å². The van der Waals surface area contributed by atoms with Crippen molar-refractivity contribution in [1.82, 2.24) is 28.7 Å². The van der Waals surface area contributed by atoms with Gasteiger partial charge in [-0.3, -0.25) is 9.13 Å². The van der Waals surface area contributed by atoms with Crippen molar-refractivity contribution in [3.8, 4) is 56.9 Å². The number of para-hydroxylation sites is 3. The maximum Gasteiger partial charge on any atom is 0.240 e. The third kappa shape index (κ3) is 6.96. The van der Waals surface area contributed by atoms with E-state index in [1.165, 1.54) is 66.6 Å². The summed E-state index contributed by atoms with van der Waals surface area (Å²) in [6, 6.07) is 70.1. The Bertz CT molecular complexity index is 4200. The van der Waals surface area contributed by atoms with Gasteiger partial charge in [-0.25, -0.2) is 0 Å². The molecule has 0 saturated heterocycles. The molecule has 6 heteroatoms. The van der Waals surface area contributed by atoms with Crippen LogP contribution in [0.5, 0.6) is 0 Å². The van der Waals surface area contributed by atoms with Crippen molar-refractivity contribution in [1.29, 1.82) is 0 Å². The van der Waals surface area contributed by atoms with Gasteiger partial charge in [0.2, 0.25) is 11.9 Å². The average molecular weight is 941 g/mol. The van der Waals surface area contributed by atoms with Crippen molar-refractivity contribution in [3.63, 3.8) is 0 Å². The lowest BCUT2D eigenvalue weighted by molar-refractivity contribution is 0.720. The first-order valence-corrected chi connectivity index (χ1v) is 25.7. The maximum atomic E-state index is 5.81. The summed E-state index contributed by atoms with van der Waals surface area (Å²) >= 11 is 0. The zero-order chi connectivity index (χ0) is 48.7. The van der Waals surface area contributed by atoms with Gasteiger partial charge in [0.25, 0.3) is 0 Å². The zero-order valence-electron chi connectivity index (χ0n) is 41.2. The lowest BCUT2D eigenvalue weighted by Gasteiger charge is -2.26. The quantitative estimate of drug-likeness (QED) is 0.153. The Morgan fingerprint density at radius 3 is 1.82 bits per heavy atom. The summed E-state index contributed by atoms with van der Waals surface area (Å²) in [4.78, 5) is 17.1. The Labute approximate surface area is 424 Å². The Morgan fingerprint density at radius 1 is 0.479 bits per heavy atom. The molecule has 350 valence electrons. The van der Waals surface area contributed by atoms with Crippen LogP contribution in [0.4, 0.5) is 0 Å². The van der Waals surface area contributed by atoms with Crippen LogP contribution < -0.4 is 0 Å². The molecular weight excluding hydrogens is 889 g/mol. The molecule has 6 nitrogen and oxygen atoms in total.